The number of ether oxygens (including phenoxy) is 1. The van der Waals surface area contributed by atoms with Gasteiger partial charge in [-0.05, 0) is 17.7 Å². The van der Waals surface area contributed by atoms with Gasteiger partial charge in [-0.3, -0.25) is 19.3 Å². The Balaban J connectivity index is 1.56. The van der Waals surface area contributed by atoms with E-state index >= 15 is 0 Å². The number of aryl methyl sites for hydroxylation is 1. The van der Waals surface area contributed by atoms with Crippen molar-refractivity contribution in [3.05, 3.63) is 83.9 Å². The lowest BCUT2D eigenvalue weighted by Gasteiger charge is -2.41. The fourth-order valence-corrected chi connectivity index (χ4v) is 3.73. The van der Waals surface area contributed by atoms with Crippen molar-refractivity contribution in [1.82, 2.24) is 25.0 Å². The van der Waals surface area contributed by atoms with Crippen molar-refractivity contribution in [1.29, 1.82) is 0 Å². The van der Waals surface area contributed by atoms with Crippen molar-refractivity contribution in [2.24, 2.45) is 7.05 Å². The van der Waals surface area contributed by atoms with Crippen LogP contribution in [0.5, 0.6) is 0 Å². The molecule has 1 atom stereocenters. The summed E-state index contributed by atoms with van der Waals surface area (Å²) in [5.74, 6) is -0.427. The molecule has 0 saturated carbocycles. The molecular formula is C23H25N5O3. The molecule has 8 heteroatoms. The SMILES string of the molecule is Cn1cc(C(=O)N2CCO[C@@](Cc3ccccn3)(C(=O)NCc3ccccc3)C2)cn1. The standard InChI is InChI=1S/C23H25N5O3/c1-27-16-19(15-26-27)21(29)28-11-12-31-23(17-28,13-20-9-5-6-10-24-20)22(30)25-14-18-7-3-2-4-8-18/h2-10,15-16H,11-14,17H2,1H3,(H,25,30)/t23-/m1/s1. The molecule has 4 rings (SSSR count). The van der Waals surface area contributed by atoms with Crippen LogP contribution in [0.1, 0.15) is 21.6 Å². The highest BCUT2D eigenvalue weighted by molar-refractivity contribution is 5.95. The lowest BCUT2D eigenvalue weighted by atomic mass is 9.93. The fraction of sp³-hybridized carbons (Fsp3) is 0.304. The van der Waals surface area contributed by atoms with E-state index in [2.05, 4.69) is 15.4 Å². The summed E-state index contributed by atoms with van der Waals surface area (Å²) in [6, 6.07) is 15.2. The minimum atomic E-state index is -1.22. The molecule has 3 aromatic rings. The molecule has 2 aromatic heterocycles. The van der Waals surface area contributed by atoms with Crippen LogP contribution in [-0.4, -0.2) is 56.8 Å². The third-order valence-electron chi connectivity index (χ3n) is 5.33. The third-order valence-corrected chi connectivity index (χ3v) is 5.33. The molecule has 2 amide bonds. The van der Waals surface area contributed by atoms with Crippen LogP contribution in [0.2, 0.25) is 0 Å². The summed E-state index contributed by atoms with van der Waals surface area (Å²) in [5.41, 5.74) is 0.982. The summed E-state index contributed by atoms with van der Waals surface area (Å²) in [5, 5.41) is 7.07. The van der Waals surface area contributed by atoms with Crippen LogP contribution in [-0.2, 0) is 29.5 Å². The summed E-state index contributed by atoms with van der Waals surface area (Å²) >= 11 is 0. The van der Waals surface area contributed by atoms with Gasteiger partial charge in [0.15, 0.2) is 5.60 Å². The van der Waals surface area contributed by atoms with Crippen LogP contribution in [0.4, 0.5) is 0 Å². The monoisotopic (exact) mass is 419 g/mol. The van der Waals surface area contributed by atoms with Crippen LogP contribution in [0, 0.1) is 0 Å². The number of amides is 2. The van der Waals surface area contributed by atoms with Crippen LogP contribution >= 0.6 is 0 Å². The van der Waals surface area contributed by atoms with E-state index in [0.717, 1.165) is 11.3 Å². The topological polar surface area (TPSA) is 89.4 Å². The molecule has 8 nitrogen and oxygen atoms in total. The first-order valence-electron chi connectivity index (χ1n) is 10.2. The number of rotatable bonds is 6. The molecule has 31 heavy (non-hydrogen) atoms. The highest BCUT2D eigenvalue weighted by Gasteiger charge is 2.45. The lowest BCUT2D eigenvalue weighted by molar-refractivity contribution is -0.157. The predicted octanol–water partition coefficient (Wildman–Crippen LogP) is 1.59. The quantitative estimate of drug-likeness (QED) is 0.655. The first-order valence-corrected chi connectivity index (χ1v) is 10.2. The first-order chi connectivity index (χ1) is 15.1. The Kier molecular flexibility index (Phi) is 6.08. The number of nitrogens with zero attached hydrogens (tertiary/aromatic N) is 4. The van der Waals surface area contributed by atoms with E-state index < -0.39 is 5.60 Å². The summed E-state index contributed by atoms with van der Waals surface area (Å²) in [7, 11) is 1.76. The number of carbonyl (C=O) groups is 2. The normalized spacial score (nSPS) is 18.5. The van der Waals surface area contributed by atoms with Gasteiger partial charge in [0.2, 0.25) is 0 Å². The van der Waals surface area contributed by atoms with Crippen LogP contribution < -0.4 is 5.32 Å². The molecule has 3 heterocycles. The minimum Gasteiger partial charge on any atom is -0.361 e. The molecule has 0 spiro atoms. The van der Waals surface area contributed by atoms with E-state index in [1.54, 1.807) is 29.0 Å². The van der Waals surface area contributed by atoms with Crippen LogP contribution in [0.25, 0.3) is 0 Å². The second-order valence-corrected chi connectivity index (χ2v) is 7.64. The number of nitrogens with one attached hydrogen (secondary N) is 1. The summed E-state index contributed by atoms with van der Waals surface area (Å²) < 4.78 is 7.66. The van der Waals surface area contributed by atoms with Crippen molar-refractivity contribution < 1.29 is 14.3 Å². The number of pyridine rings is 1. The average molecular weight is 419 g/mol. The van der Waals surface area contributed by atoms with Gasteiger partial charge in [0, 0.05) is 44.6 Å². The maximum absolute atomic E-state index is 13.4. The van der Waals surface area contributed by atoms with Crippen molar-refractivity contribution in [2.75, 3.05) is 19.7 Å². The van der Waals surface area contributed by atoms with Crippen molar-refractivity contribution >= 4 is 11.8 Å². The molecule has 1 N–H and O–H groups in total. The minimum absolute atomic E-state index is 0.137. The van der Waals surface area contributed by atoms with Gasteiger partial charge in [0.05, 0.1) is 24.9 Å². The zero-order valence-corrected chi connectivity index (χ0v) is 17.4. The Morgan fingerprint density at radius 1 is 1.16 bits per heavy atom. The van der Waals surface area contributed by atoms with E-state index in [-0.39, 0.29) is 31.4 Å². The number of morpholine rings is 1. The number of carbonyl (C=O) groups excluding carboxylic acids is 2. The van der Waals surface area contributed by atoms with Crippen molar-refractivity contribution in [2.45, 2.75) is 18.6 Å². The van der Waals surface area contributed by atoms with E-state index in [4.69, 9.17) is 4.74 Å². The zero-order chi connectivity index (χ0) is 21.7. The largest absolute Gasteiger partial charge is 0.361 e. The summed E-state index contributed by atoms with van der Waals surface area (Å²) in [6.45, 7) is 1.18. The van der Waals surface area contributed by atoms with Gasteiger partial charge in [0.25, 0.3) is 11.8 Å². The van der Waals surface area contributed by atoms with Gasteiger partial charge in [-0.2, -0.15) is 5.10 Å². The third kappa shape index (κ3) is 4.80. The van der Waals surface area contributed by atoms with Crippen LogP contribution in [0.3, 0.4) is 0 Å². The summed E-state index contributed by atoms with van der Waals surface area (Å²) in [4.78, 5) is 32.4. The van der Waals surface area contributed by atoms with Gasteiger partial charge >= 0.3 is 0 Å². The Labute approximate surface area is 180 Å². The molecule has 0 unspecified atom stereocenters. The predicted molar refractivity (Wildman–Crippen MR) is 114 cm³/mol. The first kappa shape index (κ1) is 20.7. The van der Waals surface area contributed by atoms with Gasteiger partial charge in [-0.25, -0.2) is 0 Å². The fourth-order valence-electron chi connectivity index (χ4n) is 3.73. The zero-order valence-electron chi connectivity index (χ0n) is 17.4. The summed E-state index contributed by atoms with van der Waals surface area (Å²) in [6.07, 6.45) is 5.17. The van der Waals surface area contributed by atoms with E-state index in [0.29, 0.717) is 18.7 Å². The van der Waals surface area contributed by atoms with Gasteiger partial charge in [-0.1, -0.05) is 36.4 Å². The smallest absolute Gasteiger partial charge is 0.257 e. The van der Waals surface area contributed by atoms with E-state index in [9.17, 15) is 9.59 Å². The highest BCUT2D eigenvalue weighted by Crippen LogP contribution is 2.25. The molecule has 1 aromatic carbocycles. The molecule has 1 aliphatic rings. The second kappa shape index (κ2) is 9.09. The Hall–Kier alpha value is -3.52. The van der Waals surface area contributed by atoms with Gasteiger partial charge in [-0.15, -0.1) is 0 Å². The number of benzene rings is 1. The molecule has 0 radical (unpaired) electrons. The number of hydrogen-bond acceptors (Lipinski definition) is 5. The van der Waals surface area contributed by atoms with Crippen molar-refractivity contribution in [3.63, 3.8) is 0 Å². The lowest BCUT2D eigenvalue weighted by Crippen LogP contribution is -2.62. The number of aromatic nitrogens is 3. The molecule has 0 aliphatic carbocycles. The van der Waals surface area contributed by atoms with E-state index in [1.807, 2.05) is 48.5 Å². The molecule has 1 fully saturated rings. The van der Waals surface area contributed by atoms with E-state index in [1.165, 1.54) is 6.20 Å². The molecular weight excluding hydrogens is 394 g/mol. The maximum atomic E-state index is 13.4. The highest BCUT2D eigenvalue weighted by atomic mass is 16.5. The molecule has 0 bridgehead atoms. The molecule has 1 saturated heterocycles. The average Bonchev–Trinajstić information content (AvgIpc) is 3.24. The Bertz CT molecular complexity index is 1040. The Morgan fingerprint density at radius 2 is 1.97 bits per heavy atom. The van der Waals surface area contributed by atoms with Crippen molar-refractivity contribution in [3.8, 4) is 0 Å². The molecule has 1 aliphatic heterocycles. The van der Waals surface area contributed by atoms with Crippen LogP contribution in [0.15, 0.2) is 67.1 Å². The Morgan fingerprint density at radius 3 is 2.68 bits per heavy atom. The maximum Gasteiger partial charge on any atom is 0.257 e. The van der Waals surface area contributed by atoms with Gasteiger partial charge in [0.1, 0.15) is 0 Å². The second-order valence-electron chi connectivity index (χ2n) is 7.64. The molecule has 160 valence electrons. The van der Waals surface area contributed by atoms with Gasteiger partial charge < -0.3 is 15.0 Å². The number of hydrogen-bond donors (Lipinski definition) is 1.